The summed E-state index contributed by atoms with van der Waals surface area (Å²) >= 11 is 3.40. The summed E-state index contributed by atoms with van der Waals surface area (Å²) in [4.78, 5) is 19.4. The summed E-state index contributed by atoms with van der Waals surface area (Å²) in [6.07, 6.45) is 6.22. The zero-order valence-corrected chi connectivity index (χ0v) is 25.6. The number of halogens is 1. The molecule has 0 bridgehead atoms. The molecule has 216 valence electrons. The highest BCUT2D eigenvalue weighted by molar-refractivity contribution is 9.10. The van der Waals surface area contributed by atoms with Crippen molar-refractivity contribution >= 4 is 34.6 Å². The number of benzene rings is 2. The molecule has 2 heterocycles. The Kier molecular flexibility index (Phi) is 13.7. The third-order valence-electron chi connectivity index (χ3n) is 5.47. The molecule has 4 aromatic rings. The first-order chi connectivity index (χ1) is 19.4. The zero-order chi connectivity index (χ0) is 30.4. The van der Waals surface area contributed by atoms with Gasteiger partial charge in [-0.05, 0) is 87.2 Å². The summed E-state index contributed by atoms with van der Waals surface area (Å²) in [6, 6.07) is 23.3. The fraction of sp³-hybridized carbons (Fsp3) is 0.258. The lowest BCUT2D eigenvalue weighted by atomic mass is 9.82. The number of hydrogen-bond donors (Lipinski definition) is 4. The van der Waals surface area contributed by atoms with E-state index in [4.69, 9.17) is 20.5 Å². The van der Waals surface area contributed by atoms with Crippen LogP contribution >= 0.6 is 15.9 Å². The molecule has 0 saturated carbocycles. The van der Waals surface area contributed by atoms with Crippen molar-refractivity contribution in [2.24, 2.45) is 5.73 Å². The van der Waals surface area contributed by atoms with E-state index in [-0.39, 0.29) is 12.1 Å². The first-order valence-corrected chi connectivity index (χ1v) is 13.9. The quantitative estimate of drug-likeness (QED) is 0.215. The van der Waals surface area contributed by atoms with Crippen LogP contribution in [0.4, 0.5) is 4.79 Å². The number of ether oxygens (including phenoxy) is 1. The molecule has 0 unspecified atom stereocenters. The summed E-state index contributed by atoms with van der Waals surface area (Å²) in [6.45, 7) is 9.44. The Morgan fingerprint density at radius 3 is 2.02 bits per heavy atom. The van der Waals surface area contributed by atoms with Gasteiger partial charge in [0.1, 0.15) is 5.60 Å². The third-order valence-corrected chi connectivity index (χ3v) is 5.97. The van der Waals surface area contributed by atoms with Gasteiger partial charge in [-0.15, -0.1) is 0 Å². The second kappa shape index (κ2) is 16.6. The average Bonchev–Trinajstić information content (AvgIpc) is 2.94. The van der Waals surface area contributed by atoms with E-state index in [1.165, 1.54) is 6.20 Å². The Morgan fingerprint density at radius 2 is 1.51 bits per heavy atom. The minimum Gasteiger partial charge on any atom is -0.444 e. The number of nitrogens with two attached hydrogens (primary N) is 1. The van der Waals surface area contributed by atoms with Crippen molar-refractivity contribution in [2.45, 2.75) is 52.3 Å². The molecule has 8 nitrogen and oxygen atoms in total. The molecule has 1 amide bonds. The van der Waals surface area contributed by atoms with Crippen LogP contribution in [0.15, 0.2) is 102 Å². The number of rotatable bonds is 5. The second-order valence-electron chi connectivity index (χ2n) is 10.2. The SMILES string of the molecule is C[C@H](N)c1cccc(-c2cccnc2)c1.C[C@H](NC(=O)OC(C)(C)C)c1cccc(Br)c1.OB(O)c1cccnc1. The van der Waals surface area contributed by atoms with Gasteiger partial charge in [-0.25, -0.2) is 4.79 Å². The maximum Gasteiger partial charge on any atom is 0.490 e. The van der Waals surface area contributed by atoms with Gasteiger partial charge in [0, 0.05) is 40.8 Å². The van der Waals surface area contributed by atoms with Gasteiger partial charge in [0.05, 0.1) is 6.04 Å². The van der Waals surface area contributed by atoms with Gasteiger partial charge in [-0.3, -0.25) is 9.97 Å². The van der Waals surface area contributed by atoms with E-state index < -0.39 is 18.8 Å². The molecule has 0 aliphatic heterocycles. The summed E-state index contributed by atoms with van der Waals surface area (Å²) in [5.74, 6) is 0. The predicted octanol–water partition coefficient (Wildman–Crippen LogP) is 5.56. The summed E-state index contributed by atoms with van der Waals surface area (Å²) < 4.78 is 6.19. The first-order valence-electron chi connectivity index (χ1n) is 13.1. The smallest absolute Gasteiger partial charge is 0.444 e. The van der Waals surface area contributed by atoms with Gasteiger partial charge in [0.15, 0.2) is 0 Å². The predicted molar refractivity (Wildman–Crippen MR) is 168 cm³/mol. The molecule has 4 rings (SSSR count). The van der Waals surface area contributed by atoms with Crippen LogP contribution in [-0.2, 0) is 4.74 Å². The highest BCUT2D eigenvalue weighted by Crippen LogP contribution is 2.21. The summed E-state index contributed by atoms with van der Waals surface area (Å²) in [5, 5.41) is 19.9. The lowest BCUT2D eigenvalue weighted by Gasteiger charge is -2.22. The van der Waals surface area contributed by atoms with Gasteiger partial charge >= 0.3 is 13.2 Å². The molecule has 0 saturated heterocycles. The highest BCUT2D eigenvalue weighted by Gasteiger charge is 2.18. The topological polar surface area (TPSA) is 131 Å². The van der Waals surface area contributed by atoms with Crippen LogP contribution in [-0.4, -0.2) is 38.8 Å². The van der Waals surface area contributed by atoms with Gasteiger partial charge in [0.25, 0.3) is 0 Å². The molecule has 5 N–H and O–H groups in total. The van der Waals surface area contributed by atoms with Crippen molar-refractivity contribution < 1.29 is 19.6 Å². The van der Waals surface area contributed by atoms with Crippen molar-refractivity contribution in [1.82, 2.24) is 15.3 Å². The molecule has 0 radical (unpaired) electrons. The molecule has 2 aromatic carbocycles. The molecule has 2 atom stereocenters. The standard InChI is InChI=1S/C13H18BrNO2.C13H14N2.C5H6BNO2/c1-9(10-6-5-7-11(14)8-10)15-12(16)17-13(2,3)4;1-10(14)11-4-2-5-12(8-11)13-6-3-7-15-9-13;8-6(9)5-2-1-3-7-4-5/h5-9H,1-4H3,(H,15,16);2-10H,14H2,1H3;1-4,8-9H/t9-;10-;/m00./s1. The Bertz CT molecular complexity index is 1340. The Hall–Kier alpha value is -3.57. The van der Waals surface area contributed by atoms with Crippen LogP contribution in [0.2, 0.25) is 0 Å². The number of amides is 1. The van der Waals surface area contributed by atoms with E-state index in [1.54, 1.807) is 24.5 Å². The third kappa shape index (κ3) is 13.1. The Labute approximate surface area is 251 Å². The molecular formula is C31H38BBrN4O4. The molecule has 0 aliphatic carbocycles. The number of alkyl carbamates (subject to hydrolysis) is 1. The summed E-state index contributed by atoms with van der Waals surface area (Å²) in [5.41, 5.74) is 10.3. The molecule has 2 aromatic heterocycles. The minimum absolute atomic E-state index is 0.0709. The maximum atomic E-state index is 11.6. The van der Waals surface area contributed by atoms with E-state index >= 15 is 0 Å². The number of carbonyl (C=O) groups excluding carboxylic acids is 1. The molecule has 0 fully saturated rings. The normalized spacial score (nSPS) is 11.9. The van der Waals surface area contributed by atoms with Crippen LogP contribution in [0.3, 0.4) is 0 Å². The van der Waals surface area contributed by atoms with E-state index in [9.17, 15) is 4.79 Å². The van der Waals surface area contributed by atoms with Crippen molar-refractivity contribution in [3.8, 4) is 11.1 Å². The monoisotopic (exact) mass is 620 g/mol. The lowest BCUT2D eigenvalue weighted by molar-refractivity contribution is 0.0508. The maximum absolute atomic E-state index is 11.6. The van der Waals surface area contributed by atoms with Crippen molar-refractivity contribution in [2.75, 3.05) is 0 Å². The Balaban J connectivity index is 0.000000225. The fourth-order valence-corrected chi connectivity index (χ4v) is 3.82. The van der Waals surface area contributed by atoms with E-state index in [0.717, 1.165) is 26.7 Å². The average molecular weight is 621 g/mol. The molecule has 41 heavy (non-hydrogen) atoms. The van der Waals surface area contributed by atoms with E-state index in [1.807, 2.05) is 89.3 Å². The minimum atomic E-state index is -1.40. The molecule has 0 spiro atoms. The van der Waals surface area contributed by atoms with E-state index in [2.05, 4.69) is 43.3 Å². The van der Waals surface area contributed by atoms with Crippen LogP contribution in [0.1, 0.15) is 57.8 Å². The molecular weight excluding hydrogens is 583 g/mol. The van der Waals surface area contributed by atoms with Crippen LogP contribution in [0.25, 0.3) is 11.1 Å². The van der Waals surface area contributed by atoms with Gasteiger partial charge in [-0.1, -0.05) is 58.4 Å². The summed E-state index contributed by atoms with van der Waals surface area (Å²) in [7, 11) is -1.40. The van der Waals surface area contributed by atoms with Crippen LogP contribution in [0, 0.1) is 0 Å². The Morgan fingerprint density at radius 1 is 0.902 bits per heavy atom. The van der Waals surface area contributed by atoms with Crippen molar-refractivity contribution in [1.29, 1.82) is 0 Å². The largest absolute Gasteiger partial charge is 0.490 e. The lowest BCUT2D eigenvalue weighted by Crippen LogP contribution is -2.34. The van der Waals surface area contributed by atoms with E-state index in [0.29, 0.717) is 5.46 Å². The van der Waals surface area contributed by atoms with Crippen molar-refractivity contribution in [3.05, 3.63) is 113 Å². The highest BCUT2D eigenvalue weighted by atomic mass is 79.9. The number of nitrogens with one attached hydrogen (secondary N) is 1. The van der Waals surface area contributed by atoms with Gasteiger partial charge in [0.2, 0.25) is 0 Å². The molecule has 0 aliphatic rings. The van der Waals surface area contributed by atoms with Crippen LogP contribution < -0.4 is 16.5 Å². The first kappa shape index (κ1) is 33.6. The number of carbonyl (C=O) groups is 1. The number of nitrogens with zero attached hydrogens (tertiary/aromatic N) is 2. The number of hydrogen-bond acceptors (Lipinski definition) is 7. The van der Waals surface area contributed by atoms with Gasteiger partial charge in [-0.2, -0.15) is 0 Å². The number of aromatic nitrogens is 2. The fourth-order valence-electron chi connectivity index (χ4n) is 3.41. The van der Waals surface area contributed by atoms with Crippen LogP contribution in [0.5, 0.6) is 0 Å². The molecule has 10 heteroatoms. The zero-order valence-electron chi connectivity index (χ0n) is 24.0. The number of pyridine rings is 2. The van der Waals surface area contributed by atoms with Gasteiger partial charge < -0.3 is 25.8 Å². The van der Waals surface area contributed by atoms with Crippen molar-refractivity contribution in [3.63, 3.8) is 0 Å². The second-order valence-corrected chi connectivity index (χ2v) is 11.2.